The summed E-state index contributed by atoms with van der Waals surface area (Å²) in [6.07, 6.45) is 0. The minimum Gasteiger partial charge on any atom is -0.497 e. The Balaban J connectivity index is 1.61. The number of ketones is 1. The van der Waals surface area contributed by atoms with Crippen LogP contribution in [0.15, 0.2) is 77.7 Å². The molecule has 0 fully saturated rings. The van der Waals surface area contributed by atoms with Crippen LogP contribution in [0, 0.1) is 0 Å². The standard InChI is InChI=1S/C25H24N2O4S/c1-16(28)18-10-12-20(13-11-18)26-24(29)17(2)32-23-9-5-7-21(15-23)27-25(30)19-6-4-8-22(14-19)31-3/h4-15,17H,1-3H3,(H,26,29)(H,27,30). The van der Waals surface area contributed by atoms with Crippen molar-refractivity contribution in [3.63, 3.8) is 0 Å². The Hall–Kier alpha value is -3.58. The van der Waals surface area contributed by atoms with Crippen molar-refractivity contribution in [3.8, 4) is 5.75 Å². The number of hydrogen-bond donors (Lipinski definition) is 2. The van der Waals surface area contributed by atoms with Gasteiger partial charge in [0.15, 0.2) is 5.78 Å². The lowest BCUT2D eigenvalue weighted by Crippen LogP contribution is -2.22. The van der Waals surface area contributed by atoms with Gasteiger partial charge < -0.3 is 15.4 Å². The molecule has 0 aliphatic heterocycles. The van der Waals surface area contributed by atoms with Crippen molar-refractivity contribution >= 4 is 40.7 Å². The summed E-state index contributed by atoms with van der Waals surface area (Å²) in [4.78, 5) is 37.3. The largest absolute Gasteiger partial charge is 0.497 e. The van der Waals surface area contributed by atoms with Crippen LogP contribution < -0.4 is 15.4 Å². The Morgan fingerprint density at radius 2 is 1.56 bits per heavy atom. The molecule has 3 rings (SSSR count). The van der Waals surface area contributed by atoms with E-state index in [1.807, 2.05) is 25.1 Å². The number of rotatable bonds is 8. The highest BCUT2D eigenvalue weighted by Crippen LogP contribution is 2.27. The maximum Gasteiger partial charge on any atom is 0.255 e. The van der Waals surface area contributed by atoms with E-state index >= 15 is 0 Å². The smallest absolute Gasteiger partial charge is 0.255 e. The van der Waals surface area contributed by atoms with E-state index in [-0.39, 0.29) is 22.8 Å². The third kappa shape index (κ3) is 6.21. The number of hydrogen-bond acceptors (Lipinski definition) is 5. The summed E-state index contributed by atoms with van der Waals surface area (Å²) in [7, 11) is 1.55. The van der Waals surface area contributed by atoms with Crippen LogP contribution in [0.3, 0.4) is 0 Å². The molecular formula is C25H24N2O4S. The van der Waals surface area contributed by atoms with Gasteiger partial charge in [-0.3, -0.25) is 14.4 Å². The molecule has 2 amide bonds. The van der Waals surface area contributed by atoms with E-state index in [0.29, 0.717) is 28.3 Å². The second-order valence-electron chi connectivity index (χ2n) is 7.10. The molecule has 7 heteroatoms. The summed E-state index contributed by atoms with van der Waals surface area (Å²) in [5.41, 5.74) is 2.35. The minimum absolute atomic E-state index is 0.0230. The first-order valence-electron chi connectivity index (χ1n) is 9.99. The molecule has 164 valence electrons. The number of Topliss-reactive ketones (excluding diaryl/α,β-unsaturated/α-hetero) is 1. The predicted octanol–water partition coefficient (Wildman–Crippen LogP) is 5.27. The molecular weight excluding hydrogens is 424 g/mol. The van der Waals surface area contributed by atoms with Gasteiger partial charge in [0.25, 0.3) is 5.91 Å². The monoisotopic (exact) mass is 448 g/mol. The van der Waals surface area contributed by atoms with Crippen LogP contribution in [0.25, 0.3) is 0 Å². The number of methoxy groups -OCH3 is 1. The Morgan fingerprint density at radius 1 is 0.844 bits per heavy atom. The van der Waals surface area contributed by atoms with E-state index in [1.54, 1.807) is 61.7 Å². The lowest BCUT2D eigenvalue weighted by atomic mass is 10.1. The van der Waals surface area contributed by atoms with Gasteiger partial charge in [-0.25, -0.2) is 0 Å². The summed E-state index contributed by atoms with van der Waals surface area (Å²) in [6.45, 7) is 3.31. The second kappa shape index (κ2) is 10.6. The molecule has 0 aliphatic carbocycles. The van der Waals surface area contributed by atoms with E-state index in [1.165, 1.54) is 18.7 Å². The molecule has 0 radical (unpaired) electrons. The fourth-order valence-corrected chi connectivity index (χ4v) is 3.83. The van der Waals surface area contributed by atoms with Gasteiger partial charge in [-0.2, -0.15) is 0 Å². The van der Waals surface area contributed by atoms with Crippen molar-refractivity contribution < 1.29 is 19.1 Å². The van der Waals surface area contributed by atoms with Crippen LogP contribution in [-0.2, 0) is 4.79 Å². The van der Waals surface area contributed by atoms with Crippen LogP contribution in [0.2, 0.25) is 0 Å². The molecule has 1 unspecified atom stereocenters. The van der Waals surface area contributed by atoms with Crippen molar-refractivity contribution in [3.05, 3.63) is 83.9 Å². The average molecular weight is 449 g/mol. The SMILES string of the molecule is COc1cccc(C(=O)Nc2cccc(SC(C)C(=O)Nc3ccc(C(C)=O)cc3)c2)c1. The number of ether oxygens (including phenoxy) is 1. The maximum atomic E-state index is 12.6. The van der Waals surface area contributed by atoms with Gasteiger partial charge in [-0.1, -0.05) is 12.1 Å². The number of anilines is 2. The quantitative estimate of drug-likeness (QED) is 0.362. The number of nitrogens with one attached hydrogen (secondary N) is 2. The Kier molecular flexibility index (Phi) is 7.68. The molecule has 0 aromatic heterocycles. The number of carbonyl (C=O) groups excluding carboxylic acids is 3. The first kappa shape index (κ1) is 23.1. The van der Waals surface area contributed by atoms with E-state index in [4.69, 9.17) is 4.74 Å². The summed E-state index contributed by atoms with van der Waals surface area (Å²) in [5.74, 6) is 0.185. The Labute approximate surface area is 191 Å². The van der Waals surface area contributed by atoms with Gasteiger partial charge in [0.05, 0.1) is 12.4 Å². The maximum absolute atomic E-state index is 12.6. The van der Waals surface area contributed by atoms with E-state index in [2.05, 4.69) is 10.6 Å². The summed E-state index contributed by atoms with van der Waals surface area (Å²) >= 11 is 1.38. The Morgan fingerprint density at radius 3 is 2.25 bits per heavy atom. The van der Waals surface area contributed by atoms with Gasteiger partial charge in [0, 0.05) is 27.4 Å². The molecule has 0 saturated carbocycles. The van der Waals surface area contributed by atoms with Crippen molar-refractivity contribution in [2.45, 2.75) is 24.0 Å². The molecule has 0 heterocycles. The highest BCUT2D eigenvalue weighted by Gasteiger charge is 2.15. The summed E-state index contributed by atoms with van der Waals surface area (Å²) in [6, 6.07) is 21.0. The molecule has 32 heavy (non-hydrogen) atoms. The number of carbonyl (C=O) groups is 3. The molecule has 3 aromatic carbocycles. The van der Waals surface area contributed by atoms with Gasteiger partial charge in [-0.05, 0) is 74.5 Å². The normalized spacial score (nSPS) is 11.3. The van der Waals surface area contributed by atoms with Crippen LogP contribution in [0.4, 0.5) is 11.4 Å². The zero-order valence-electron chi connectivity index (χ0n) is 18.0. The molecule has 2 N–H and O–H groups in total. The zero-order chi connectivity index (χ0) is 23.1. The number of amides is 2. The van der Waals surface area contributed by atoms with Crippen LogP contribution in [0.1, 0.15) is 34.6 Å². The number of thioether (sulfide) groups is 1. The molecule has 0 bridgehead atoms. The third-order valence-electron chi connectivity index (χ3n) is 4.66. The molecule has 0 saturated heterocycles. The molecule has 6 nitrogen and oxygen atoms in total. The summed E-state index contributed by atoms with van der Waals surface area (Å²) in [5, 5.41) is 5.36. The zero-order valence-corrected chi connectivity index (χ0v) is 18.9. The first-order valence-corrected chi connectivity index (χ1v) is 10.9. The minimum atomic E-state index is -0.369. The lowest BCUT2D eigenvalue weighted by Gasteiger charge is -2.13. The van der Waals surface area contributed by atoms with E-state index < -0.39 is 0 Å². The highest BCUT2D eigenvalue weighted by molar-refractivity contribution is 8.00. The highest BCUT2D eigenvalue weighted by atomic mass is 32.2. The predicted molar refractivity (Wildman–Crippen MR) is 128 cm³/mol. The molecule has 1 atom stereocenters. The average Bonchev–Trinajstić information content (AvgIpc) is 2.79. The van der Waals surface area contributed by atoms with Crippen molar-refractivity contribution in [1.82, 2.24) is 0 Å². The molecule has 3 aromatic rings. The molecule has 0 aliphatic rings. The summed E-state index contributed by atoms with van der Waals surface area (Å²) < 4.78 is 5.16. The Bertz CT molecular complexity index is 1130. The second-order valence-corrected chi connectivity index (χ2v) is 8.51. The first-order chi connectivity index (χ1) is 15.4. The van der Waals surface area contributed by atoms with Crippen molar-refractivity contribution in [1.29, 1.82) is 0 Å². The topological polar surface area (TPSA) is 84.5 Å². The van der Waals surface area contributed by atoms with Crippen molar-refractivity contribution in [2.24, 2.45) is 0 Å². The van der Waals surface area contributed by atoms with Gasteiger partial charge >= 0.3 is 0 Å². The number of benzene rings is 3. The third-order valence-corrected chi connectivity index (χ3v) is 5.76. The van der Waals surface area contributed by atoms with Crippen LogP contribution in [0.5, 0.6) is 5.75 Å². The van der Waals surface area contributed by atoms with E-state index in [9.17, 15) is 14.4 Å². The van der Waals surface area contributed by atoms with Crippen LogP contribution in [-0.4, -0.2) is 30.0 Å². The van der Waals surface area contributed by atoms with Gasteiger partial charge in [0.2, 0.25) is 5.91 Å². The van der Waals surface area contributed by atoms with Crippen molar-refractivity contribution in [2.75, 3.05) is 17.7 Å². The fourth-order valence-electron chi connectivity index (χ4n) is 2.90. The van der Waals surface area contributed by atoms with E-state index in [0.717, 1.165) is 4.90 Å². The van der Waals surface area contributed by atoms with Gasteiger partial charge in [0.1, 0.15) is 5.75 Å². The van der Waals surface area contributed by atoms with Crippen LogP contribution >= 0.6 is 11.8 Å². The molecule has 0 spiro atoms. The van der Waals surface area contributed by atoms with Gasteiger partial charge in [-0.15, -0.1) is 11.8 Å². The lowest BCUT2D eigenvalue weighted by molar-refractivity contribution is -0.115. The fraction of sp³-hybridized carbons (Fsp3) is 0.160.